The van der Waals surface area contributed by atoms with Crippen LogP contribution < -0.4 is 10.5 Å². The standard InChI is InChI=1S/C12H13FN2OS/c1-8-2-3-10(4-11(8)13)16-6-9-7-17-12(5-14)15-9/h2-4,7H,5-6,14H2,1H3. The second-order valence-electron chi connectivity index (χ2n) is 3.64. The lowest BCUT2D eigenvalue weighted by Crippen LogP contribution is -1.99. The van der Waals surface area contributed by atoms with E-state index in [4.69, 9.17) is 10.5 Å². The normalized spacial score (nSPS) is 10.5. The van der Waals surface area contributed by atoms with Gasteiger partial charge in [-0.3, -0.25) is 0 Å². The van der Waals surface area contributed by atoms with Crippen LogP contribution in [0.4, 0.5) is 4.39 Å². The van der Waals surface area contributed by atoms with Crippen molar-refractivity contribution < 1.29 is 9.13 Å². The van der Waals surface area contributed by atoms with E-state index < -0.39 is 0 Å². The Labute approximate surface area is 103 Å². The van der Waals surface area contributed by atoms with Gasteiger partial charge in [-0.2, -0.15) is 0 Å². The predicted molar refractivity (Wildman–Crippen MR) is 65.5 cm³/mol. The first-order valence-corrected chi connectivity index (χ1v) is 6.09. The predicted octanol–water partition coefficient (Wildman–Crippen LogP) is 2.63. The van der Waals surface area contributed by atoms with Gasteiger partial charge >= 0.3 is 0 Å². The lowest BCUT2D eigenvalue weighted by atomic mass is 10.2. The van der Waals surface area contributed by atoms with Gasteiger partial charge in [0.15, 0.2) is 0 Å². The molecular formula is C12H13FN2OS. The first-order valence-electron chi connectivity index (χ1n) is 5.21. The fourth-order valence-electron chi connectivity index (χ4n) is 1.33. The van der Waals surface area contributed by atoms with Gasteiger partial charge in [0.25, 0.3) is 0 Å². The van der Waals surface area contributed by atoms with Crippen LogP contribution in [-0.4, -0.2) is 4.98 Å². The first-order chi connectivity index (χ1) is 8.19. The molecule has 5 heteroatoms. The molecule has 0 radical (unpaired) electrons. The molecule has 1 aromatic heterocycles. The molecule has 17 heavy (non-hydrogen) atoms. The van der Waals surface area contributed by atoms with E-state index in [1.54, 1.807) is 19.1 Å². The van der Waals surface area contributed by atoms with Crippen LogP contribution in [0, 0.1) is 12.7 Å². The Morgan fingerprint density at radius 3 is 2.94 bits per heavy atom. The van der Waals surface area contributed by atoms with Crippen LogP contribution in [0.1, 0.15) is 16.3 Å². The Morgan fingerprint density at radius 2 is 2.29 bits per heavy atom. The number of rotatable bonds is 4. The quantitative estimate of drug-likeness (QED) is 0.910. The Balaban J connectivity index is 1.99. The van der Waals surface area contributed by atoms with E-state index in [0.717, 1.165) is 10.7 Å². The third kappa shape index (κ3) is 3.01. The van der Waals surface area contributed by atoms with Crippen molar-refractivity contribution in [3.05, 3.63) is 45.7 Å². The topological polar surface area (TPSA) is 48.1 Å². The van der Waals surface area contributed by atoms with E-state index in [1.165, 1.54) is 17.4 Å². The van der Waals surface area contributed by atoms with Crippen molar-refractivity contribution in [1.29, 1.82) is 0 Å². The van der Waals surface area contributed by atoms with Gasteiger partial charge in [0, 0.05) is 18.0 Å². The molecule has 0 aliphatic heterocycles. The molecule has 0 atom stereocenters. The van der Waals surface area contributed by atoms with Gasteiger partial charge in [-0.05, 0) is 18.6 Å². The maximum atomic E-state index is 13.3. The lowest BCUT2D eigenvalue weighted by molar-refractivity contribution is 0.300. The van der Waals surface area contributed by atoms with Crippen molar-refractivity contribution in [2.75, 3.05) is 0 Å². The zero-order chi connectivity index (χ0) is 12.3. The number of benzene rings is 1. The molecule has 0 spiro atoms. The fourth-order valence-corrected chi connectivity index (χ4v) is 1.99. The first kappa shape index (κ1) is 12.0. The smallest absolute Gasteiger partial charge is 0.131 e. The summed E-state index contributed by atoms with van der Waals surface area (Å²) in [6.07, 6.45) is 0. The number of aromatic nitrogens is 1. The monoisotopic (exact) mass is 252 g/mol. The maximum absolute atomic E-state index is 13.3. The van der Waals surface area contributed by atoms with Crippen LogP contribution in [0.2, 0.25) is 0 Å². The molecule has 0 saturated carbocycles. The molecular weight excluding hydrogens is 239 g/mol. The highest BCUT2D eigenvalue weighted by atomic mass is 32.1. The molecule has 0 aliphatic rings. The van der Waals surface area contributed by atoms with Crippen LogP contribution >= 0.6 is 11.3 Å². The number of nitrogens with zero attached hydrogens (tertiary/aromatic N) is 1. The minimum Gasteiger partial charge on any atom is -0.487 e. The molecule has 0 fully saturated rings. The Morgan fingerprint density at radius 1 is 1.47 bits per heavy atom. The summed E-state index contributed by atoms with van der Waals surface area (Å²) in [6, 6.07) is 4.82. The van der Waals surface area contributed by atoms with Gasteiger partial charge < -0.3 is 10.5 Å². The highest BCUT2D eigenvalue weighted by Gasteiger charge is 2.03. The minimum atomic E-state index is -0.261. The molecule has 90 valence electrons. The number of hydrogen-bond acceptors (Lipinski definition) is 4. The number of aryl methyl sites for hydroxylation is 1. The molecule has 2 N–H and O–H groups in total. The zero-order valence-electron chi connectivity index (χ0n) is 9.44. The van der Waals surface area contributed by atoms with Crippen molar-refractivity contribution in [1.82, 2.24) is 4.98 Å². The van der Waals surface area contributed by atoms with Crippen molar-refractivity contribution >= 4 is 11.3 Å². The van der Waals surface area contributed by atoms with E-state index in [2.05, 4.69) is 4.98 Å². The Bertz CT molecular complexity index is 513. The van der Waals surface area contributed by atoms with E-state index in [9.17, 15) is 4.39 Å². The van der Waals surface area contributed by atoms with Gasteiger partial charge in [-0.25, -0.2) is 9.37 Å². The third-order valence-corrected chi connectivity index (χ3v) is 3.22. The Kier molecular flexibility index (Phi) is 3.71. The summed E-state index contributed by atoms with van der Waals surface area (Å²) in [5.74, 6) is 0.249. The fraction of sp³-hybridized carbons (Fsp3) is 0.250. The summed E-state index contributed by atoms with van der Waals surface area (Å²) in [4.78, 5) is 4.26. The molecule has 0 amide bonds. The van der Waals surface area contributed by atoms with Crippen molar-refractivity contribution in [2.45, 2.75) is 20.1 Å². The van der Waals surface area contributed by atoms with Gasteiger partial charge in [0.05, 0.1) is 5.69 Å². The second kappa shape index (κ2) is 5.25. The minimum absolute atomic E-state index is 0.261. The summed E-state index contributed by atoms with van der Waals surface area (Å²) in [5, 5.41) is 2.77. The molecule has 0 bridgehead atoms. The average Bonchev–Trinajstić information content (AvgIpc) is 2.79. The number of nitrogens with two attached hydrogens (primary N) is 1. The molecule has 0 saturated heterocycles. The van der Waals surface area contributed by atoms with Crippen LogP contribution in [0.5, 0.6) is 5.75 Å². The lowest BCUT2D eigenvalue weighted by Gasteiger charge is -2.05. The molecule has 2 aromatic rings. The maximum Gasteiger partial charge on any atom is 0.131 e. The summed E-state index contributed by atoms with van der Waals surface area (Å²) < 4.78 is 18.7. The van der Waals surface area contributed by atoms with Gasteiger partial charge in [0.2, 0.25) is 0 Å². The number of halogens is 1. The van der Waals surface area contributed by atoms with Crippen LogP contribution in [-0.2, 0) is 13.2 Å². The van der Waals surface area contributed by atoms with Crippen molar-refractivity contribution in [3.63, 3.8) is 0 Å². The summed E-state index contributed by atoms with van der Waals surface area (Å²) >= 11 is 1.50. The average molecular weight is 252 g/mol. The molecule has 1 heterocycles. The largest absolute Gasteiger partial charge is 0.487 e. The molecule has 2 rings (SSSR count). The third-order valence-electron chi connectivity index (χ3n) is 2.30. The van der Waals surface area contributed by atoms with E-state index in [1.807, 2.05) is 5.38 Å². The number of hydrogen-bond donors (Lipinski definition) is 1. The van der Waals surface area contributed by atoms with E-state index in [-0.39, 0.29) is 5.82 Å². The number of ether oxygens (including phenoxy) is 1. The van der Waals surface area contributed by atoms with Crippen LogP contribution in [0.25, 0.3) is 0 Å². The van der Waals surface area contributed by atoms with E-state index in [0.29, 0.717) is 24.5 Å². The molecule has 1 aromatic carbocycles. The van der Waals surface area contributed by atoms with Crippen molar-refractivity contribution in [2.24, 2.45) is 5.73 Å². The summed E-state index contributed by atoms with van der Waals surface area (Å²) in [5.41, 5.74) is 6.89. The summed E-state index contributed by atoms with van der Waals surface area (Å²) in [6.45, 7) is 2.48. The molecule has 3 nitrogen and oxygen atoms in total. The van der Waals surface area contributed by atoms with Gasteiger partial charge in [-0.15, -0.1) is 11.3 Å². The SMILES string of the molecule is Cc1ccc(OCc2csc(CN)n2)cc1F. The van der Waals surface area contributed by atoms with Gasteiger partial charge in [-0.1, -0.05) is 6.07 Å². The van der Waals surface area contributed by atoms with Crippen molar-refractivity contribution in [3.8, 4) is 5.75 Å². The number of thiazole rings is 1. The van der Waals surface area contributed by atoms with Gasteiger partial charge in [0.1, 0.15) is 23.2 Å². The molecule has 0 unspecified atom stereocenters. The highest BCUT2D eigenvalue weighted by Crippen LogP contribution is 2.18. The highest BCUT2D eigenvalue weighted by molar-refractivity contribution is 7.09. The van der Waals surface area contributed by atoms with Crippen LogP contribution in [0.3, 0.4) is 0 Å². The van der Waals surface area contributed by atoms with Crippen LogP contribution in [0.15, 0.2) is 23.6 Å². The second-order valence-corrected chi connectivity index (χ2v) is 4.58. The zero-order valence-corrected chi connectivity index (χ0v) is 10.3. The Hall–Kier alpha value is -1.46. The van der Waals surface area contributed by atoms with E-state index >= 15 is 0 Å². The summed E-state index contributed by atoms with van der Waals surface area (Å²) in [7, 11) is 0. The molecule has 0 aliphatic carbocycles.